The molecule has 1 heteroatoms. The lowest BCUT2D eigenvalue weighted by Gasteiger charge is -2.27. The summed E-state index contributed by atoms with van der Waals surface area (Å²) >= 11 is 0. The molecule has 13 heavy (non-hydrogen) atoms. The first kappa shape index (κ1) is 8.07. The van der Waals surface area contributed by atoms with Gasteiger partial charge in [0.15, 0.2) is 0 Å². The number of allylic oxidation sites excluding steroid dienone is 2. The molecule has 1 aliphatic rings. The Kier molecular flexibility index (Phi) is 1.90. The minimum atomic E-state index is -0.207. The third-order valence-corrected chi connectivity index (χ3v) is 2.50. The van der Waals surface area contributed by atoms with Gasteiger partial charge in [-0.05, 0) is 18.4 Å². The van der Waals surface area contributed by atoms with Crippen molar-refractivity contribution in [2.24, 2.45) is 5.41 Å². The third-order valence-electron chi connectivity index (χ3n) is 2.50. The van der Waals surface area contributed by atoms with E-state index in [1.165, 1.54) is 5.56 Å². The fourth-order valence-corrected chi connectivity index (χ4v) is 1.62. The molecule has 1 aromatic carbocycles. The van der Waals surface area contributed by atoms with Crippen molar-refractivity contribution in [2.75, 3.05) is 0 Å². The van der Waals surface area contributed by atoms with Gasteiger partial charge in [-0.1, -0.05) is 42.5 Å². The molecule has 0 spiro atoms. The minimum Gasteiger partial charge on any atom is -0.197 e. The highest BCUT2D eigenvalue weighted by Gasteiger charge is 2.31. The van der Waals surface area contributed by atoms with Crippen LogP contribution in [0.25, 0.3) is 0 Å². The fourth-order valence-electron chi connectivity index (χ4n) is 1.62. The van der Waals surface area contributed by atoms with Gasteiger partial charge in [0.05, 0.1) is 11.5 Å². The Morgan fingerprint density at radius 1 is 1.31 bits per heavy atom. The molecule has 0 fully saturated rings. The molecule has 0 unspecified atom stereocenters. The van der Waals surface area contributed by atoms with Crippen molar-refractivity contribution in [3.63, 3.8) is 0 Å². The van der Waals surface area contributed by atoms with Crippen LogP contribution in [0.2, 0.25) is 0 Å². The highest BCUT2D eigenvalue weighted by molar-refractivity contribution is 5.29. The van der Waals surface area contributed by atoms with Crippen molar-refractivity contribution in [1.82, 2.24) is 0 Å². The van der Waals surface area contributed by atoms with E-state index in [1.807, 2.05) is 24.3 Å². The Morgan fingerprint density at radius 3 is 2.46 bits per heavy atom. The van der Waals surface area contributed by atoms with Crippen LogP contribution in [0, 0.1) is 16.7 Å². The molecule has 1 nitrogen and oxygen atoms in total. The molecule has 64 valence electrons. The number of benzene rings is 1. The second-order valence-corrected chi connectivity index (χ2v) is 3.54. The summed E-state index contributed by atoms with van der Waals surface area (Å²) in [6, 6.07) is 12.6. The molecular weight excluding hydrogens is 158 g/mol. The van der Waals surface area contributed by atoms with Gasteiger partial charge in [0, 0.05) is 0 Å². The molecule has 0 saturated heterocycles. The molecule has 1 aliphatic carbocycles. The molecule has 1 aromatic rings. The third kappa shape index (κ3) is 1.48. The smallest absolute Gasteiger partial charge is 0.0827 e. The van der Waals surface area contributed by atoms with Crippen LogP contribution >= 0.6 is 0 Å². The molecular formula is C12H11N. The Morgan fingerprint density at radius 2 is 2.00 bits per heavy atom. The zero-order valence-electron chi connectivity index (χ0n) is 7.40. The summed E-state index contributed by atoms with van der Waals surface area (Å²) in [7, 11) is 0. The van der Waals surface area contributed by atoms with Crippen molar-refractivity contribution in [3.8, 4) is 6.07 Å². The summed E-state index contributed by atoms with van der Waals surface area (Å²) in [6.45, 7) is 0. The minimum absolute atomic E-state index is 0.207. The molecule has 0 radical (unpaired) electrons. The molecule has 0 bridgehead atoms. The van der Waals surface area contributed by atoms with Crippen molar-refractivity contribution in [3.05, 3.63) is 48.0 Å². The second kappa shape index (κ2) is 3.06. The van der Waals surface area contributed by atoms with Gasteiger partial charge in [-0.25, -0.2) is 0 Å². The molecule has 1 atom stereocenters. The number of hydrogen-bond donors (Lipinski definition) is 0. The van der Waals surface area contributed by atoms with E-state index in [2.05, 4.69) is 24.3 Å². The van der Waals surface area contributed by atoms with Gasteiger partial charge in [-0.15, -0.1) is 0 Å². The topological polar surface area (TPSA) is 23.8 Å². The van der Waals surface area contributed by atoms with Gasteiger partial charge >= 0.3 is 0 Å². The summed E-state index contributed by atoms with van der Waals surface area (Å²) < 4.78 is 0. The van der Waals surface area contributed by atoms with E-state index < -0.39 is 0 Å². The number of nitrogens with zero attached hydrogens (tertiary/aromatic N) is 1. The maximum Gasteiger partial charge on any atom is 0.0827 e. The Bertz CT molecular complexity index is 358. The van der Waals surface area contributed by atoms with E-state index in [4.69, 9.17) is 5.26 Å². The van der Waals surface area contributed by atoms with Crippen molar-refractivity contribution >= 4 is 0 Å². The van der Waals surface area contributed by atoms with Crippen LogP contribution in [-0.2, 0) is 6.42 Å². The molecule has 2 rings (SSSR count). The van der Waals surface area contributed by atoms with Gasteiger partial charge in [-0.2, -0.15) is 5.26 Å². The normalized spacial score (nSPS) is 24.8. The molecule has 0 N–H and O–H groups in total. The lowest BCUT2D eigenvalue weighted by molar-refractivity contribution is 0.466. The van der Waals surface area contributed by atoms with Gasteiger partial charge < -0.3 is 0 Å². The van der Waals surface area contributed by atoms with Crippen molar-refractivity contribution < 1.29 is 0 Å². The first-order valence-electron chi connectivity index (χ1n) is 4.48. The first-order valence-corrected chi connectivity index (χ1v) is 4.48. The monoisotopic (exact) mass is 169 g/mol. The van der Waals surface area contributed by atoms with Crippen LogP contribution in [0.5, 0.6) is 0 Å². The fraction of sp³-hybridized carbons (Fsp3) is 0.250. The lowest BCUT2D eigenvalue weighted by atomic mass is 9.73. The zero-order chi connectivity index (χ0) is 9.15. The predicted molar refractivity (Wildman–Crippen MR) is 51.9 cm³/mol. The summed E-state index contributed by atoms with van der Waals surface area (Å²) in [5, 5.41) is 9.00. The maximum absolute atomic E-state index is 9.00. The molecule has 0 saturated carbocycles. The average Bonchev–Trinajstić information content (AvgIpc) is 2.13. The van der Waals surface area contributed by atoms with E-state index in [1.54, 1.807) is 0 Å². The van der Waals surface area contributed by atoms with E-state index in [0.717, 1.165) is 12.8 Å². The van der Waals surface area contributed by atoms with Gasteiger partial charge in [0.25, 0.3) is 0 Å². The maximum atomic E-state index is 9.00. The van der Waals surface area contributed by atoms with Crippen LogP contribution < -0.4 is 0 Å². The van der Waals surface area contributed by atoms with Gasteiger partial charge in [0.2, 0.25) is 0 Å². The standard InChI is InChI=1S/C12H11N/c13-10-12(7-4-8-12)9-11-5-2-1-3-6-11/h1-7H,8-9H2/t12-/m0/s1. The van der Waals surface area contributed by atoms with Crippen molar-refractivity contribution in [2.45, 2.75) is 12.8 Å². The van der Waals surface area contributed by atoms with E-state index in [-0.39, 0.29) is 5.41 Å². The number of hydrogen-bond acceptors (Lipinski definition) is 1. The largest absolute Gasteiger partial charge is 0.197 e. The van der Waals surface area contributed by atoms with E-state index in [9.17, 15) is 0 Å². The molecule has 0 aliphatic heterocycles. The highest BCUT2D eigenvalue weighted by atomic mass is 14.4. The first-order chi connectivity index (χ1) is 6.35. The Labute approximate surface area is 78.3 Å². The molecule has 0 aromatic heterocycles. The Hall–Kier alpha value is -1.55. The predicted octanol–water partition coefficient (Wildman–Crippen LogP) is 2.70. The summed E-state index contributed by atoms with van der Waals surface area (Å²) in [6.07, 6.45) is 5.82. The zero-order valence-corrected chi connectivity index (χ0v) is 7.40. The SMILES string of the molecule is N#C[C@@]1(Cc2ccccc2)C=CC1. The van der Waals surface area contributed by atoms with Gasteiger partial charge in [0.1, 0.15) is 0 Å². The van der Waals surface area contributed by atoms with E-state index in [0.29, 0.717) is 0 Å². The summed E-state index contributed by atoms with van der Waals surface area (Å²) in [5.74, 6) is 0. The Balaban J connectivity index is 2.16. The van der Waals surface area contributed by atoms with Crippen LogP contribution in [-0.4, -0.2) is 0 Å². The molecule has 0 amide bonds. The van der Waals surface area contributed by atoms with Gasteiger partial charge in [-0.3, -0.25) is 0 Å². The summed E-state index contributed by atoms with van der Waals surface area (Å²) in [4.78, 5) is 0. The second-order valence-electron chi connectivity index (χ2n) is 3.54. The van der Waals surface area contributed by atoms with Crippen LogP contribution in [0.3, 0.4) is 0 Å². The number of rotatable bonds is 2. The quantitative estimate of drug-likeness (QED) is 0.624. The van der Waals surface area contributed by atoms with Crippen molar-refractivity contribution in [1.29, 1.82) is 5.26 Å². The molecule has 0 heterocycles. The average molecular weight is 169 g/mol. The number of nitriles is 1. The lowest BCUT2D eigenvalue weighted by Crippen LogP contribution is -2.23. The summed E-state index contributed by atoms with van der Waals surface area (Å²) in [5.41, 5.74) is 1.04. The van der Waals surface area contributed by atoms with E-state index >= 15 is 0 Å². The van der Waals surface area contributed by atoms with Crippen LogP contribution in [0.1, 0.15) is 12.0 Å². The highest BCUT2D eigenvalue weighted by Crippen LogP contribution is 2.35. The van der Waals surface area contributed by atoms with Crippen LogP contribution in [0.4, 0.5) is 0 Å². The van der Waals surface area contributed by atoms with Crippen LogP contribution in [0.15, 0.2) is 42.5 Å².